The van der Waals surface area contributed by atoms with Gasteiger partial charge in [0.1, 0.15) is 0 Å². The van der Waals surface area contributed by atoms with Crippen LogP contribution in [0.5, 0.6) is 0 Å². The van der Waals surface area contributed by atoms with E-state index in [2.05, 4.69) is 32.1 Å². The Labute approximate surface area is 63.6 Å². The van der Waals surface area contributed by atoms with Crippen LogP contribution in [0.15, 0.2) is 23.8 Å². The molecule has 10 heavy (non-hydrogen) atoms. The summed E-state index contributed by atoms with van der Waals surface area (Å²) in [5, 5.41) is 0. The molecule has 0 amide bonds. The van der Waals surface area contributed by atoms with E-state index in [1.165, 1.54) is 18.4 Å². The molecular formula is C10H16. The lowest BCUT2D eigenvalue weighted by Crippen LogP contribution is -1.91. The lowest BCUT2D eigenvalue weighted by Gasteiger charge is -2.07. The Morgan fingerprint density at radius 2 is 2.30 bits per heavy atom. The maximum atomic E-state index is 2.36. The van der Waals surface area contributed by atoms with Crippen LogP contribution in [-0.4, -0.2) is 0 Å². The quantitative estimate of drug-likeness (QED) is 0.448. The van der Waals surface area contributed by atoms with E-state index in [4.69, 9.17) is 0 Å². The van der Waals surface area contributed by atoms with Gasteiger partial charge < -0.3 is 0 Å². The molecule has 0 heteroatoms. The second kappa shape index (κ2) is 3.60. The standard InChI is InChI=1S/C10H16/c1-9-5-3-7-10(2)8-4-6-9/h3,5,8-9H,4,6-7H2,1-2H3/b5-3-,10-8-. The summed E-state index contributed by atoms with van der Waals surface area (Å²) in [6.07, 6.45) is 10.7. The minimum absolute atomic E-state index is 0.782. The monoisotopic (exact) mass is 136 g/mol. The molecule has 0 bridgehead atoms. The van der Waals surface area contributed by atoms with Crippen molar-refractivity contribution >= 4 is 0 Å². The molecule has 0 aromatic rings. The van der Waals surface area contributed by atoms with Crippen LogP contribution in [0.4, 0.5) is 0 Å². The number of rotatable bonds is 0. The predicted molar refractivity (Wildman–Crippen MR) is 45.9 cm³/mol. The SMILES string of the molecule is C/C1=C/CCC(C)/C=C\C1. The Hall–Kier alpha value is -0.520. The maximum absolute atomic E-state index is 2.36. The molecule has 1 aliphatic carbocycles. The summed E-state index contributed by atoms with van der Waals surface area (Å²) in [4.78, 5) is 0. The van der Waals surface area contributed by atoms with Gasteiger partial charge in [-0.2, -0.15) is 0 Å². The zero-order valence-electron chi connectivity index (χ0n) is 6.93. The maximum Gasteiger partial charge on any atom is -0.0141 e. The lowest BCUT2D eigenvalue weighted by molar-refractivity contribution is 0.649. The van der Waals surface area contributed by atoms with Gasteiger partial charge >= 0.3 is 0 Å². The van der Waals surface area contributed by atoms with Crippen LogP contribution in [0.3, 0.4) is 0 Å². The van der Waals surface area contributed by atoms with Crippen LogP contribution in [0.2, 0.25) is 0 Å². The van der Waals surface area contributed by atoms with Crippen LogP contribution in [0.1, 0.15) is 33.1 Å². The summed E-state index contributed by atoms with van der Waals surface area (Å²) < 4.78 is 0. The van der Waals surface area contributed by atoms with Crippen molar-refractivity contribution in [2.45, 2.75) is 33.1 Å². The first-order chi connectivity index (χ1) is 4.79. The summed E-state index contributed by atoms with van der Waals surface area (Å²) in [6, 6.07) is 0. The molecule has 0 fully saturated rings. The molecule has 0 radical (unpaired) electrons. The third kappa shape index (κ3) is 2.38. The van der Waals surface area contributed by atoms with Gasteiger partial charge in [0.05, 0.1) is 0 Å². The van der Waals surface area contributed by atoms with Crippen molar-refractivity contribution in [3.63, 3.8) is 0 Å². The first-order valence-electron chi connectivity index (χ1n) is 4.11. The molecule has 0 nitrogen and oxygen atoms in total. The topological polar surface area (TPSA) is 0 Å². The third-order valence-corrected chi connectivity index (χ3v) is 2.02. The fraction of sp³-hybridized carbons (Fsp3) is 0.600. The Balaban J connectivity index is 2.50. The first kappa shape index (κ1) is 7.59. The highest BCUT2D eigenvalue weighted by Crippen LogP contribution is 2.14. The second-order valence-corrected chi connectivity index (χ2v) is 3.24. The summed E-state index contributed by atoms with van der Waals surface area (Å²) >= 11 is 0. The zero-order chi connectivity index (χ0) is 7.40. The van der Waals surface area contributed by atoms with E-state index in [0.29, 0.717) is 0 Å². The van der Waals surface area contributed by atoms with Gasteiger partial charge in [0.15, 0.2) is 0 Å². The molecule has 0 N–H and O–H groups in total. The molecule has 0 saturated heterocycles. The molecule has 0 heterocycles. The largest absolute Gasteiger partial charge is 0.0854 e. The summed E-state index contributed by atoms with van der Waals surface area (Å²) in [6.45, 7) is 4.49. The summed E-state index contributed by atoms with van der Waals surface area (Å²) in [7, 11) is 0. The van der Waals surface area contributed by atoms with Crippen molar-refractivity contribution in [2.75, 3.05) is 0 Å². The van der Waals surface area contributed by atoms with E-state index in [0.717, 1.165) is 12.3 Å². The average molecular weight is 136 g/mol. The minimum atomic E-state index is 0.782. The van der Waals surface area contributed by atoms with Gasteiger partial charge in [-0.25, -0.2) is 0 Å². The van der Waals surface area contributed by atoms with Gasteiger partial charge in [-0.05, 0) is 32.1 Å². The Morgan fingerprint density at radius 1 is 1.50 bits per heavy atom. The summed E-state index contributed by atoms with van der Waals surface area (Å²) in [5.41, 5.74) is 1.52. The van der Waals surface area contributed by atoms with Crippen LogP contribution in [-0.2, 0) is 0 Å². The molecule has 1 aliphatic rings. The fourth-order valence-electron chi connectivity index (χ4n) is 1.26. The molecule has 56 valence electrons. The first-order valence-corrected chi connectivity index (χ1v) is 4.11. The number of hydrogen-bond donors (Lipinski definition) is 0. The van der Waals surface area contributed by atoms with Gasteiger partial charge in [-0.1, -0.05) is 30.7 Å². The van der Waals surface area contributed by atoms with Crippen molar-refractivity contribution in [1.29, 1.82) is 0 Å². The van der Waals surface area contributed by atoms with Crippen molar-refractivity contribution < 1.29 is 0 Å². The van der Waals surface area contributed by atoms with E-state index < -0.39 is 0 Å². The van der Waals surface area contributed by atoms with E-state index in [-0.39, 0.29) is 0 Å². The van der Waals surface area contributed by atoms with Crippen molar-refractivity contribution in [3.05, 3.63) is 23.8 Å². The van der Waals surface area contributed by atoms with Crippen LogP contribution >= 0.6 is 0 Å². The molecule has 0 aromatic carbocycles. The number of hydrogen-bond acceptors (Lipinski definition) is 0. The van der Waals surface area contributed by atoms with E-state index in [1.54, 1.807) is 0 Å². The number of allylic oxidation sites excluding steroid dienone is 4. The Morgan fingerprint density at radius 3 is 3.10 bits per heavy atom. The predicted octanol–water partition coefficient (Wildman–Crippen LogP) is 3.31. The van der Waals surface area contributed by atoms with E-state index in [1.807, 2.05) is 0 Å². The molecule has 1 unspecified atom stereocenters. The summed E-state index contributed by atoms with van der Waals surface area (Å²) in [5.74, 6) is 0.782. The van der Waals surface area contributed by atoms with E-state index >= 15 is 0 Å². The Kier molecular flexibility index (Phi) is 2.73. The molecule has 0 spiro atoms. The van der Waals surface area contributed by atoms with Crippen LogP contribution < -0.4 is 0 Å². The highest BCUT2D eigenvalue weighted by molar-refractivity contribution is 5.07. The van der Waals surface area contributed by atoms with Crippen LogP contribution in [0.25, 0.3) is 0 Å². The van der Waals surface area contributed by atoms with Gasteiger partial charge in [0.2, 0.25) is 0 Å². The van der Waals surface area contributed by atoms with Gasteiger partial charge in [0.25, 0.3) is 0 Å². The van der Waals surface area contributed by atoms with Crippen LogP contribution in [0, 0.1) is 5.92 Å². The smallest absolute Gasteiger partial charge is 0.0141 e. The van der Waals surface area contributed by atoms with Gasteiger partial charge in [0, 0.05) is 0 Å². The lowest BCUT2D eigenvalue weighted by atomic mass is 9.99. The zero-order valence-corrected chi connectivity index (χ0v) is 6.93. The fourth-order valence-corrected chi connectivity index (χ4v) is 1.26. The third-order valence-electron chi connectivity index (χ3n) is 2.02. The minimum Gasteiger partial charge on any atom is -0.0854 e. The molecule has 0 aliphatic heterocycles. The molecule has 1 atom stereocenters. The molecule has 1 rings (SSSR count). The highest BCUT2D eigenvalue weighted by Gasteiger charge is 1.98. The Bertz CT molecular complexity index is 151. The average Bonchev–Trinajstić information content (AvgIpc) is 1.84. The molecular weight excluding hydrogens is 120 g/mol. The molecule has 0 saturated carbocycles. The highest BCUT2D eigenvalue weighted by atomic mass is 14.0. The van der Waals surface area contributed by atoms with Crippen molar-refractivity contribution in [3.8, 4) is 0 Å². The molecule has 0 aromatic heterocycles. The van der Waals surface area contributed by atoms with Gasteiger partial charge in [-0.3, -0.25) is 0 Å². The van der Waals surface area contributed by atoms with Gasteiger partial charge in [-0.15, -0.1) is 0 Å². The van der Waals surface area contributed by atoms with Crippen molar-refractivity contribution in [1.82, 2.24) is 0 Å². The second-order valence-electron chi connectivity index (χ2n) is 3.24. The normalized spacial score (nSPS) is 35.4. The van der Waals surface area contributed by atoms with E-state index in [9.17, 15) is 0 Å². The van der Waals surface area contributed by atoms with Crippen molar-refractivity contribution in [2.24, 2.45) is 5.92 Å².